The van der Waals surface area contributed by atoms with E-state index in [1.807, 2.05) is 0 Å². The van der Waals surface area contributed by atoms with Crippen LogP contribution < -0.4 is 15.4 Å². The minimum absolute atomic E-state index is 0. The van der Waals surface area contributed by atoms with Crippen molar-refractivity contribution in [2.75, 3.05) is 59.1 Å². The lowest BCUT2D eigenvalue weighted by molar-refractivity contribution is 0.0377. The fraction of sp³-hybridized carbons (Fsp3) is 0.650. The maximum absolute atomic E-state index is 5.84. The summed E-state index contributed by atoms with van der Waals surface area (Å²) in [6.45, 7) is 14.1. The number of hydrogen-bond acceptors (Lipinski definition) is 4. The highest BCUT2D eigenvalue weighted by atomic mass is 127. The molecule has 154 valence electrons. The first-order chi connectivity index (χ1) is 12.7. The molecule has 0 aromatic heterocycles. The third-order valence-corrected chi connectivity index (χ3v) is 4.21. The van der Waals surface area contributed by atoms with Crippen LogP contribution in [0, 0.1) is 13.8 Å². The molecule has 0 unspecified atom stereocenters. The van der Waals surface area contributed by atoms with Crippen LogP contribution in [0.15, 0.2) is 23.2 Å². The van der Waals surface area contributed by atoms with Crippen LogP contribution in [-0.2, 0) is 4.74 Å². The average molecular weight is 490 g/mol. The van der Waals surface area contributed by atoms with Crippen molar-refractivity contribution in [3.8, 4) is 5.75 Å². The van der Waals surface area contributed by atoms with E-state index >= 15 is 0 Å². The Kier molecular flexibility index (Phi) is 12.4. The van der Waals surface area contributed by atoms with Gasteiger partial charge in [0, 0.05) is 32.7 Å². The molecule has 0 saturated carbocycles. The first-order valence-electron chi connectivity index (χ1n) is 9.70. The third-order valence-electron chi connectivity index (χ3n) is 4.21. The number of benzene rings is 1. The van der Waals surface area contributed by atoms with Crippen LogP contribution in [0.25, 0.3) is 0 Å². The number of hydrogen-bond donors (Lipinski definition) is 2. The molecular weight excluding hydrogens is 455 g/mol. The summed E-state index contributed by atoms with van der Waals surface area (Å²) in [6, 6.07) is 6.29. The van der Waals surface area contributed by atoms with Crippen LogP contribution in [0.4, 0.5) is 0 Å². The zero-order valence-corrected chi connectivity index (χ0v) is 19.3. The number of nitrogens with one attached hydrogen (secondary N) is 2. The van der Waals surface area contributed by atoms with Crippen molar-refractivity contribution in [3.05, 3.63) is 29.3 Å². The molecule has 27 heavy (non-hydrogen) atoms. The van der Waals surface area contributed by atoms with Crippen LogP contribution in [0.3, 0.4) is 0 Å². The van der Waals surface area contributed by atoms with Gasteiger partial charge in [-0.3, -0.25) is 9.89 Å². The monoisotopic (exact) mass is 490 g/mol. The van der Waals surface area contributed by atoms with Gasteiger partial charge in [-0.2, -0.15) is 0 Å². The zero-order chi connectivity index (χ0) is 18.6. The molecule has 6 nitrogen and oxygen atoms in total. The smallest absolute Gasteiger partial charge is 0.191 e. The van der Waals surface area contributed by atoms with Crippen molar-refractivity contribution in [2.24, 2.45) is 4.99 Å². The molecule has 1 saturated heterocycles. The molecule has 0 spiro atoms. The van der Waals surface area contributed by atoms with Gasteiger partial charge in [-0.15, -0.1) is 24.0 Å². The number of ether oxygens (including phenoxy) is 2. The van der Waals surface area contributed by atoms with Crippen molar-refractivity contribution in [1.29, 1.82) is 0 Å². The minimum Gasteiger partial charge on any atom is -0.492 e. The van der Waals surface area contributed by atoms with Crippen LogP contribution in [0.1, 0.15) is 24.5 Å². The summed E-state index contributed by atoms with van der Waals surface area (Å²) >= 11 is 0. The highest BCUT2D eigenvalue weighted by Crippen LogP contribution is 2.15. The Bertz CT molecular complexity index is 543. The Labute approximate surface area is 181 Å². The highest BCUT2D eigenvalue weighted by Gasteiger charge is 2.09. The average Bonchev–Trinajstić information content (AvgIpc) is 2.62. The van der Waals surface area contributed by atoms with Gasteiger partial charge in [0.2, 0.25) is 0 Å². The number of nitrogens with zero attached hydrogens (tertiary/aromatic N) is 2. The molecular formula is C20H35IN4O2. The van der Waals surface area contributed by atoms with E-state index in [0.29, 0.717) is 6.61 Å². The molecule has 2 N–H and O–H groups in total. The van der Waals surface area contributed by atoms with E-state index < -0.39 is 0 Å². The predicted octanol–water partition coefficient (Wildman–Crippen LogP) is 2.58. The standard InChI is InChI=1S/C20H34N4O2.HI/c1-4-21-20(22-6-5-8-24-9-12-25-13-10-24)23-7-11-26-19-15-17(2)14-18(3)16-19;/h14-16H,4-13H2,1-3H3,(H2,21,22,23);1H. The van der Waals surface area contributed by atoms with Gasteiger partial charge in [-0.25, -0.2) is 0 Å². The SMILES string of the molecule is CCNC(=NCCCN1CCOCC1)NCCOc1cc(C)cc(C)c1.I. The van der Waals surface area contributed by atoms with Gasteiger partial charge in [-0.1, -0.05) is 6.07 Å². The Hall–Kier alpha value is -1.06. The van der Waals surface area contributed by atoms with Crippen LogP contribution >= 0.6 is 24.0 Å². The third kappa shape index (κ3) is 10.2. The summed E-state index contributed by atoms with van der Waals surface area (Å²) in [5.74, 6) is 1.79. The van der Waals surface area contributed by atoms with Crippen LogP contribution in [-0.4, -0.2) is 69.9 Å². The molecule has 0 radical (unpaired) electrons. The molecule has 1 aromatic carbocycles. The molecule has 1 aromatic rings. The Balaban J connectivity index is 0.00000364. The molecule has 7 heteroatoms. The summed E-state index contributed by atoms with van der Waals surface area (Å²) in [7, 11) is 0. The second-order valence-electron chi connectivity index (χ2n) is 6.67. The zero-order valence-electron chi connectivity index (χ0n) is 16.9. The van der Waals surface area contributed by atoms with E-state index in [9.17, 15) is 0 Å². The summed E-state index contributed by atoms with van der Waals surface area (Å²) in [6.07, 6.45) is 1.07. The van der Waals surface area contributed by atoms with Crippen molar-refractivity contribution >= 4 is 29.9 Å². The van der Waals surface area contributed by atoms with E-state index in [-0.39, 0.29) is 24.0 Å². The van der Waals surface area contributed by atoms with Crippen molar-refractivity contribution < 1.29 is 9.47 Å². The number of rotatable bonds is 9. The van der Waals surface area contributed by atoms with E-state index in [1.54, 1.807) is 0 Å². The summed E-state index contributed by atoms with van der Waals surface area (Å²) in [4.78, 5) is 7.09. The molecule has 0 atom stereocenters. The number of morpholine rings is 1. The quantitative estimate of drug-likeness (QED) is 0.241. The summed E-state index contributed by atoms with van der Waals surface area (Å²) < 4.78 is 11.2. The van der Waals surface area contributed by atoms with Crippen molar-refractivity contribution in [1.82, 2.24) is 15.5 Å². The number of aryl methyl sites for hydroxylation is 2. The second-order valence-corrected chi connectivity index (χ2v) is 6.67. The van der Waals surface area contributed by atoms with Gasteiger partial charge >= 0.3 is 0 Å². The van der Waals surface area contributed by atoms with E-state index in [1.165, 1.54) is 11.1 Å². The maximum atomic E-state index is 5.84. The molecule has 1 aliphatic rings. The highest BCUT2D eigenvalue weighted by molar-refractivity contribution is 14.0. The van der Waals surface area contributed by atoms with Gasteiger partial charge < -0.3 is 20.1 Å². The Morgan fingerprint density at radius 3 is 2.52 bits per heavy atom. The van der Waals surface area contributed by atoms with Gasteiger partial charge in [0.1, 0.15) is 12.4 Å². The first kappa shape index (κ1) is 24.0. The van der Waals surface area contributed by atoms with Crippen molar-refractivity contribution in [3.63, 3.8) is 0 Å². The summed E-state index contributed by atoms with van der Waals surface area (Å²) in [5.41, 5.74) is 2.45. The first-order valence-corrected chi connectivity index (χ1v) is 9.70. The topological polar surface area (TPSA) is 58.1 Å². The minimum atomic E-state index is 0. The van der Waals surface area contributed by atoms with Crippen molar-refractivity contribution in [2.45, 2.75) is 27.2 Å². The Morgan fingerprint density at radius 1 is 1.15 bits per heavy atom. The fourth-order valence-electron chi connectivity index (χ4n) is 3.01. The predicted molar refractivity (Wildman–Crippen MR) is 123 cm³/mol. The molecule has 1 heterocycles. The van der Waals surface area contributed by atoms with E-state index in [2.05, 4.69) is 59.5 Å². The Morgan fingerprint density at radius 2 is 1.85 bits per heavy atom. The lowest BCUT2D eigenvalue weighted by Gasteiger charge is -2.26. The number of guanidine groups is 1. The molecule has 1 fully saturated rings. The van der Waals surface area contributed by atoms with Gasteiger partial charge in [0.05, 0.1) is 19.8 Å². The number of halogens is 1. The van der Waals surface area contributed by atoms with Gasteiger partial charge in [-0.05, 0) is 50.5 Å². The molecule has 0 bridgehead atoms. The fourth-order valence-corrected chi connectivity index (χ4v) is 3.01. The largest absolute Gasteiger partial charge is 0.492 e. The molecule has 0 amide bonds. The molecule has 1 aliphatic heterocycles. The molecule has 0 aliphatic carbocycles. The van der Waals surface area contributed by atoms with Crippen LogP contribution in [0.5, 0.6) is 5.75 Å². The second kappa shape index (κ2) is 14.0. The lowest BCUT2D eigenvalue weighted by Crippen LogP contribution is -2.40. The molecule has 2 rings (SSSR count). The van der Waals surface area contributed by atoms with Gasteiger partial charge in [0.25, 0.3) is 0 Å². The maximum Gasteiger partial charge on any atom is 0.191 e. The summed E-state index contributed by atoms with van der Waals surface area (Å²) in [5, 5.41) is 6.63. The van der Waals surface area contributed by atoms with E-state index in [4.69, 9.17) is 9.47 Å². The number of aliphatic imine (C=N–C) groups is 1. The van der Waals surface area contributed by atoms with E-state index in [0.717, 1.165) is 70.6 Å². The van der Waals surface area contributed by atoms with Crippen LogP contribution in [0.2, 0.25) is 0 Å². The lowest BCUT2D eigenvalue weighted by atomic mass is 10.1. The normalized spacial score (nSPS) is 15.1. The van der Waals surface area contributed by atoms with Gasteiger partial charge in [0.15, 0.2) is 5.96 Å².